The summed E-state index contributed by atoms with van der Waals surface area (Å²) in [5.41, 5.74) is -2.09. The molecule has 4 aliphatic carbocycles. The van der Waals surface area contributed by atoms with Gasteiger partial charge in [0.15, 0.2) is 11.6 Å². The van der Waals surface area contributed by atoms with E-state index in [4.69, 9.17) is 11.6 Å². The molecule has 0 aliphatic heterocycles. The molecule has 0 saturated heterocycles. The lowest BCUT2D eigenvalue weighted by Crippen LogP contribution is -2.62. The van der Waals surface area contributed by atoms with Crippen molar-refractivity contribution >= 4 is 23.2 Å². The van der Waals surface area contributed by atoms with E-state index < -0.39 is 40.3 Å². The number of ketones is 2. The Kier molecular flexibility index (Phi) is 4.29. The van der Waals surface area contributed by atoms with E-state index in [1.165, 1.54) is 0 Å². The number of carbonyl (C=O) groups excluding carboxylic acids is 2. The summed E-state index contributed by atoms with van der Waals surface area (Å²) >= 11 is 6.67. The van der Waals surface area contributed by atoms with E-state index in [0.29, 0.717) is 12.8 Å². The van der Waals surface area contributed by atoms with Crippen LogP contribution in [0.5, 0.6) is 0 Å². The molecule has 0 amide bonds. The molecule has 27 heavy (non-hydrogen) atoms. The molecule has 0 aromatic carbocycles. The summed E-state index contributed by atoms with van der Waals surface area (Å²) in [4.78, 5) is 24.4. The van der Waals surface area contributed by atoms with Crippen LogP contribution in [0, 0.1) is 28.6 Å². The second-order valence-corrected chi connectivity index (χ2v) is 9.79. The van der Waals surface area contributed by atoms with Crippen LogP contribution >= 0.6 is 11.6 Å². The molecule has 0 bridgehead atoms. The van der Waals surface area contributed by atoms with E-state index >= 15 is 0 Å². The minimum absolute atomic E-state index is 0.00233. The van der Waals surface area contributed by atoms with Gasteiger partial charge in [-0.3, -0.25) is 9.59 Å². The van der Waals surface area contributed by atoms with Gasteiger partial charge in [-0.15, -0.1) is 11.6 Å². The molecule has 2 fully saturated rings. The van der Waals surface area contributed by atoms with Crippen molar-refractivity contribution in [3.63, 3.8) is 0 Å². The van der Waals surface area contributed by atoms with Crippen LogP contribution in [-0.2, 0) is 9.59 Å². The molecule has 0 heterocycles. The first-order chi connectivity index (χ1) is 12.6. The summed E-state index contributed by atoms with van der Waals surface area (Å²) < 4.78 is 0. The number of rotatable bonds is 2. The van der Waals surface area contributed by atoms with Crippen LogP contribution in [0.2, 0.25) is 0 Å². The first kappa shape index (κ1) is 19.3. The Labute approximate surface area is 164 Å². The number of Topliss-reactive ketones (excluding diaryl/α,β-unsaturated/α-hetero) is 1. The van der Waals surface area contributed by atoms with Gasteiger partial charge in [-0.1, -0.05) is 26.0 Å². The Morgan fingerprint density at radius 2 is 2.07 bits per heavy atom. The van der Waals surface area contributed by atoms with Crippen molar-refractivity contribution in [3.05, 3.63) is 23.8 Å². The summed E-state index contributed by atoms with van der Waals surface area (Å²) in [5.74, 6) is -0.778. The maximum Gasteiger partial charge on any atom is 0.190 e. The molecule has 0 spiro atoms. The maximum atomic E-state index is 12.4. The quantitative estimate of drug-likeness (QED) is 0.620. The van der Waals surface area contributed by atoms with Gasteiger partial charge in [0.25, 0.3) is 0 Å². The van der Waals surface area contributed by atoms with Crippen molar-refractivity contribution in [1.82, 2.24) is 0 Å². The fourth-order valence-electron chi connectivity index (χ4n) is 6.72. The molecule has 0 aromatic heterocycles. The number of aliphatic hydroxyl groups is 3. The highest BCUT2D eigenvalue weighted by Gasteiger charge is 2.68. The Balaban J connectivity index is 1.81. The molecule has 3 N–H and O–H groups in total. The predicted molar refractivity (Wildman–Crippen MR) is 100 cm³/mol. The molecular weight excluding hydrogens is 368 g/mol. The van der Waals surface area contributed by atoms with E-state index in [-0.39, 0.29) is 36.4 Å². The fourth-order valence-corrected chi connectivity index (χ4v) is 7.15. The number of carbonyl (C=O) groups is 2. The van der Waals surface area contributed by atoms with Crippen LogP contribution in [0.4, 0.5) is 0 Å². The number of fused-ring (bicyclic) bond motifs is 5. The highest BCUT2D eigenvalue weighted by atomic mass is 35.5. The minimum Gasteiger partial charge on any atom is -0.393 e. The number of allylic oxidation sites excluding steroid dienone is 4. The van der Waals surface area contributed by atoms with Gasteiger partial charge in [0.1, 0.15) is 12.2 Å². The number of alkyl halides is 1. The van der Waals surface area contributed by atoms with Gasteiger partial charge in [-0.25, -0.2) is 0 Å². The van der Waals surface area contributed by atoms with Gasteiger partial charge in [0.05, 0.1) is 11.5 Å². The zero-order valence-electron chi connectivity index (χ0n) is 15.7. The Morgan fingerprint density at radius 1 is 1.37 bits per heavy atom. The fraction of sp³-hybridized carbons (Fsp3) is 0.714. The SMILES string of the molecule is C[C@]12C[C@H](O)[C@H]3[C@@H](C=CC4=CC(=O)CC(Cl)[C@@]43C)[C@@H]1CC[C@]2(O)C(=O)CO. The van der Waals surface area contributed by atoms with Crippen LogP contribution in [0.15, 0.2) is 23.8 Å². The first-order valence-electron chi connectivity index (χ1n) is 9.71. The van der Waals surface area contributed by atoms with Crippen LogP contribution in [0.3, 0.4) is 0 Å². The largest absolute Gasteiger partial charge is 0.393 e. The Bertz CT molecular complexity index is 760. The second kappa shape index (κ2) is 5.99. The van der Waals surface area contributed by atoms with E-state index in [1.807, 2.05) is 26.0 Å². The Morgan fingerprint density at radius 3 is 2.74 bits per heavy atom. The molecule has 0 aromatic rings. The summed E-state index contributed by atoms with van der Waals surface area (Å²) in [6.45, 7) is 3.19. The zero-order valence-corrected chi connectivity index (χ0v) is 16.4. The summed E-state index contributed by atoms with van der Waals surface area (Å²) in [5, 5.41) is 31.4. The molecule has 5 nitrogen and oxygen atoms in total. The van der Waals surface area contributed by atoms with Crippen LogP contribution in [0.25, 0.3) is 0 Å². The molecule has 2 saturated carbocycles. The molecule has 8 atom stereocenters. The third-order valence-corrected chi connectivity index (χ3v) is 8.88. The van der Waals surface area contributed by atoms with Crippen LogP contribution in [-0.4, -0.2) is 50.6 Å². The number of hydrogen-bond donors (Lipinski definition) is 3. The van der Waals surface area contributed by atoms with Crippen molar-refractivity contribution in [2.24, 2.45) is 28.6 Å². The summed E-state index contributed by atoms with van der Waals surface area (Å²) in [6, 6.07) is 0. The maximum absolute atomic E-state index is 12.4. The smallest absolute Gasteiger partial charge is 0.190 e. The van der Waals surface area contributed by atoms with Crippen LogP contribution < -0.4 is 0 Å². The van der Waals surface area contributed by atoms with Gasteiger partial charge in [0, 0.05) is 23.2 Å². The first-order valence-corrected chi connectivity index (χ1v) is 10.1. The monoisotopic (exact) mass is 394 g/mol. The van der Waals surface area contributed by atoms with Crippen molar-refractivity contribution < 1.29 is 24.9 Å². The van der Waals surface area contributed by atoms with Crippen molar-refractivity contribution in [3.8, 4) is 0 Å². The van der Waals surface area contributed by atoms with E-state index in [2.05, 4.69) is 0 Å². The normalized spacial score (nSPS) is 51.3. The second-order valence-electron chi connectivity index (χ2n) is 9.26. The highest BCUT2D eigenvalue weighted by molar-refractivity contribution is 6.23. The third kappa shape index (κ3) is 2.29. The van der Waals surface area contributed by atoms with Gasteiger partial charge in [0.2, 0.25) is 0 Å². The highest BCUT2D eigenvalue weighted by Crippen LogP contribution is 2.66. The Hall–Kier alpha value is -1.01. The van der Waals surface area contributed by atoms with E-state index in [9.17, 15) is 24.9 Å². The van der Waals surface area contributed by atoms with Crippen molar-refractivity contribution in [1.29, 1.82) is 0 Å². The lowest BCUT2D eigenvalue weighted by atomic mass is 9.47. The predicted octanol–water partition coefficient (Wildman–Crippen LogP) is 1.77. The van der Waals surface area contributed by atoms with Gasteiger partial charge < -0.3 is 15.3 Å². The lowest BCUT2D eigenvalue weighted by Gasteiger charge is -2.59. The van der Waals surface area contributed by atoms with Gasteiger partial charge >= 0.3 is 0 Å². The summed E-state index contributed by atoms with van der Waals surface area (Å²) in [7, 11) is 0. The van der Waals surface area contributed by atoms with E-state index in [1.54, 1.807) is 6.08 Å². The summed E-state index contributed by atoms with van der Waals surface area (Å²) in [6.07, 6.45) is 6.32. The standard InChI is InChI=1S/C21H27ClO5/c1-19-9-15(25)18-13(14(19)5-6-21(19,27)17(26)10-23)4-3-11-7-12(24)8-16(22)20(11,18)2/h3-4,7,13-16,18,23,25,27H,5-6,8-10H2,1-2H3/t13-,14-,15-,16?,18+,19-,20+,21-/m0/s1. The molecular formula is C21H27ClO5. The van der Waals surface area contributed by atoms with Crippen molar-refractivity contribution in [2.45, 2.75) is 56.6 Å². The molecule has 6 heteroatoms. The molecule has 1 unspecified atom stereocenters. The number of hydrogen-bond acceptors (Lipinski definition) is 5. The molecule has 0 radical (unpaired) electrons. The minimum atomic E-state index is -1.62. The average Bonchev–Trinajstić information content (AvgIpc) is 2.87. The van der Waals surface area contributed by atoms with Gasteiger partial charge in [-0.05, 0) is 42.7 Å². The third-order valence-electron chi connectivity index (χ3n) is 8.27. The van der Waals surface area contributed by atoms with E-state index in [0.717, 1.165) is 5.57 Å². The average molecular weight is 395 g/mol. The lowest BCUT2D eigenvalue weighted by molar-refractivity contribution is -0.174. The number of halogens is 1. The van der Waals surface area contributed by atoms with Crippen LogP contribution in [0.1, 0.15) is 39.5 Å². The number of aliphatic hydroxyl groups excluding tert-OH is 2. The zero-order chi connectivity index (χ0) is 19.8. The molecule has 4 rings (SSSR count). The topological polar surface area (TPSA) is 94.8 Å². The van der Waals surface area contributed by atoms with Gasteiger partial charge in [-0.2, -0.15) is 0 Å². The molecule has 148 valence electrons. The molecule has 4 aliphatic rings. The van der Waals surface area contributed by atoms with Crippen molar-refractivity contribution in [2.75, 3.05) is 6.61 Å².